The maximum atomic E-state index is 15.1. The summed E-state index contributed by atoms with van der Waals surface area (Å²) in [4.78, 5) is 30.0. The smallest absolute Gasteiger partial charge is 0.284 e. The Labute approximate surface area is 223 Å². The van der Waals surface area contributed by atoms with E-state index in [1.165, 1.54) is 54.9 Å². The van der Waals surface area contributed by atoms with E-state index in [0.717, 1.165) is 16.3 Å². The third-order valence-electron chi connectivity index (χ3n) is 5.97. The van der Waals surface area contributed by atoms with E-state index in [2.05, 4.69) is 30.7 Å². The molecule has 40 heavy (non-hydrogen) atoms. The van der Waals surface area contributed by atoms with E-state index >= 15 is 4.39 Å². The zero-order valence-electron chi connectivity index (χ0n) is 20.7. The fourth-order valence-electron chi connectivity index (χ4n) is 4.09. The number of carbonyl (C=O) groups excluding carboxylic acids is 1. The van der Waals surface area contributed by atoms with Gasteiger partial charge < -0.3 is 10.1 Å². The van der Waals surface area contributed by atoms with Gasteiger partial charge in [0.15, 0.2) is 17.2 Å². The summed E-state index contributed by atoms with van der Waals surface area (Å²) >= 11 is 0. The lowest BCUT2D eigenvalue weighted by molar-refractivity contribution is 0.102. The lowest BCUT2D eigenvalue weighted by Crippen LogP contribution is -2.29. The van der Waals surface area contributed by atoms with Crippen molar-refractivity contribution in [1.82, 2.24) is 34.7 Å². The fraction of sp³-hybridized carbons (Fsp3) is 0.0370. The molecule has 0 aliphatic rings. The number of H-pyrrole nitrogens is 1. The zero-order valence-corrected chi connectivity index (χ0v) is 20.7. The van der Waals surface area contributed by atoms with Gasteiger partial charge in [0.25, 0.3) is 11.5 Å². The number of hydrogen-bond donors (Lipinski definition) is 2. The van der Waals surface area contributed by atoms with Crippen molar-refractivity contribution < 1.29 is 18.3 Å². The second-order valence-corrected chi connectivity index (χ2v) is 8.65. The van der Waals surface area contributed by atoms with Crippen molar-refractivity contribution in [2.24, 2.45) is 7.05 Å². The molecule has 0 saturated carbocycles. The van der Waals surface area contributed by atoms with Gasteiger partial charge in [-0.25, -0.2) is 13.8 Å². The molecule has 6 aromatic rings. The Morgan fingerprint density at radius 3 is 2.58 bits per heavy atom. The van der Waals surface area contributed by atoms with Crippen LogP contribution in [0.1, 0.15) is 10.4 Å². The molecule has 0 unspecified atom stereocenters. The van der Waals surface area contributed by atoms with Gasteiger partial charge in [0.1, 0.15) is 22.8 Å². The lowest BCUT2D eigenvalue weighted by atomic mass is 10.1. The third-order valence-corrected chi connectivity index (χ3v) is 5.97. The standard InChI is InChI=1S/C27H18F2N8O3/c1-36-14-15(13-32-36)24-23-22(9-10-30-25(23)35-34-24)40-21-7-4-17(12-20(21)29)33-26(38)19-8-11-31-37(27(19)39)18-5-2-16(28)3-6-18/h2-14H,1H3,(H,33,38)(H,30,34,35). The highest BCUT2D eigenvalue weighted by molar-refractivity contribution is 6.04. The number of pyridine rings is 1. The van der Waals surface area contributed by atoms with E-state index < -0.39 is 23.1 Å². The number of nitrogens with one attached hydrogen (secondary N) is 2. The molecule has 0 aliphatic heterocycles. The third kappa shape index (κ3) is 4.55. The Hall–Kier alpha value is -5.72. The van der Waals surface area contributed by atoms with Crippen LogP contribution < -0.4 is 15.6 Å². The number of halogens is 2. The van der Waals surface area contributed by atoms with Gasteiger partial charge in [-0.1, -0.05) is 0 Å². The second-order valence-electron chi connectivity index (χ2n) is 8.65. The topological polar surface area (TPSA) is 133 Å². The summed E-state index contributed by atoms with van der Waals surface area (Å²) in [6.45, 7) is 0. The molecular formula is C27H18F2N8O3. The molecule has 11 nitrogen and oxygen atoms in total. The molecule has 4 heterocycles. The molecule has 2 N–H and O–H groups in total. The number of fused-ring (bicyclic) bond motifs is 1. The minimum absolute atomic E-state index is 0.0960. The first-order valence-corrected chi connectivity index (χ1v) is 11.8. The predicted molar refractivity (Wildman–Crippen MR) is 140 cm³/mol. The average molecular weight is 540 g/mol. The van der Waals surface area contributed by atoms with Gasteiger partial charge in [-0.2, -0.15) is 20.0 Å². The van der Waals surface area contributed by atoms with E-state index in [-0.39, 0.29) is 22.7 Å². The summed E-state index contributed by atoms with van der Waals surface area (Å²) in [5.41, 5.74) is 1.13. The Morgan fingerprint density at radius 1 is 1.00 bits per heavy atom. The quantitative estimate of drug-likeness (QED) is 0.323. The molecule has 0 bridgehead atoms. The van der Waals surface area contributed by atoms with Crippen molar-refractivity contribution in [3.63, 3.8) is 0 Å². The number of nitrogens with zero attached hydrogens (tertiary/aromatic N) is 6. The van der Waals surface area contributed by atoms with Crippen LogP contribution >= 0.6 is 0 Å². The molecule has 0 radical (unpaired) electrons. The molecule has 4 aromatic heterocycles. The molecule has 0 spiro atoms. The number of rotatable bonds is 6. The fourth-order valence-corrected chi connectivity index (χ4v) is 4.09. The molecule has 6 rings (SSSR count). The second kappa shape index (κ2) is 9.87. The highest BCUT2D eigenvalue weighted by atomic mass is 19.1. The number of amides is 1. The normalized spacial score (nSPS) is 11.1. The van der Waals surface area contributed by atoms with Gasteiger partial charge in [0.05, 0.1) is 17.3 Å². The number of aromatic nitrogens is 7. The minimum atomic E-state index is -0.772. The minimum Gasteiger partial charge on any atom is -0.453 e. The number of carbonyl (C=O) groups is 1. The summed E-state index contributed by atoms with van der Waals surface area (Å²) < 4.78 is 36.8. The van der Waals surface area contributed by atoms with Crippen LogP contribution in [0, 0.1) is 11.6 Å². The van der Waals surface area contributed by atoms with Crippen LogP contribution in [0.25, 0.3) is 28.0 Å². The van der Waals surface area contributed by atoms with Crippen molar-refractivity contribution in [3.8, 4) is 28.4 Å². The maximum Gasteiger partial charge on any atom is 0.284 e. The first-order chi connectivity index (χ1) is 19.4. The summed E-state index contributed by atoms with van der Waals surface area (Å²) in [5.74, 6) is -1.80. The van der Waals surface area contributed by atoms with Gasteiger partial charge >= 0.3 is 0 Å². The molecule has 0 atom stereocenters. The van der Waals surface area contributed by atoms with Crippen molar-refractivity contribution in [2.45, 2.75) is 0 Å². The van der Waals surface area contributed by atoms with Gasteiger partial charge in [0, 0.05) is 43.0 Å². The zero-order chi connectivity index (χ0) is 27.8. The van der Waals surface area contributed by atoms with Gasteiger partial charge in [-0.05, 0) is 48.5 Å². The first kappa shape index (κ1) is 24.6. The van der Waals surface area contributed by atoms with E-state index in [9.17, 15) is 14.0 Å². The van der Waals surface area contributed by atoms with Crippen LogP contribution in [0.5, 0.6) is 11.5 Å². The largest absolute Gasteiger partial charge is 0.453 e. The van der Waals surface area contributed by atoms with Crippen LogP contribution in [0.15, 0.2) is 84.2 Å². The number of aromatic amines is 1. The average Bonchev–Trinajstić information content (AvgIpc) is 3.57. The maximum absolute atomic E-state index is 15.1. The van der Waals surface area contributed by atoms with Gasteiger partial charge in [0.2, 0.25) is 0 Å². The summed E-state index contributed by atoms with van der Waals surface area (Å²) in [5, 5.41) is 18.3. The number of benzene rings is 2. The van der Waals surface area contributed by atoms with Crippen molar-refractivity contribution in [1.29, 1.82) is 0 Å². The van der Waals surface area contributed by atoms with Crippen LogP contribution in [0.2, 0.25) is 0 Å². The SMILES string of the molecule is Cn1cc(-c2n[nH]c3nccc(Oc4ccc(NC(=O)c5ccnn(-c6ccc(F)cc6)c5=O)cc4F)c23)cn1. The van der Waals surface area contributed by atoms with E-state index in [1.54, 1.807) is 30.2 Å². The number of anilines is 1. The van der Waals surface area contributed by atoms with E-state index in [4.69, 9.17) is 4.74 Å². The van der Waals surface area contributed by atoms with E-state index in [0.29, 0.717) is 22.5 Å². The molecule has 0 fully saturated rings. The Bertz CT molecular complexity index is 1950. The number of hydrogen-bond acceptors (Lipinski definition) is 7. The summed E-state index contributed by atoms with van der Waals surface area (Å²) in [6.07, 6.45) is 6.19. The molecule has 0 saturated heterocycles. The van der Waals surface area contributed by atoms with Crippen molar-refractivity contribution in [3.05, 3.63) is 107 Å². The highest BCUT2D eigenvalue weighted by Crippen LogP contribution is 2.36. The van der Waals surface area contributed by atoms with Crippen LogP contribution in [-0.4, -0.2) is 40.6 Å². The molecule has 198 valence electrons. The number of aryl methyl sites for hydroxylation is 1. The lowest BCUT2D eigenvalue weighted by Gasteiger charge is -2.11. The molecule has 13 heteroatoms. The van der Waals surface area contributed by atoms with Crippen LogP contribution in [-0.2, 0) is 7.05 Å². The summed E-state index contributed by atoms with van der Waals surface area (Å²) in [7, 11) is 1.78. The molecule has 0 aliphatic carbocycles. The van der Waals surface area contributed by atoms with E-state index in [1.807, 2.05) is 0 Å². The van der Waals surface area contributed by atoms with Crippen LogP contribution in [0.3, 0.4) is 0 Å². The Morgan fingerprint density at radius 2 is 1.82 bits per heavy atom. The van der Waals surface area contributed by atoms with Gasteiger partial charge in [-0.3, -0.25) is 19.4 Å². The first-order valence-electron chi connectivity index (χ1n) is 11.8. The molecular weight excluding hydrogens is 522 g/mol. The monoisotopic (exact) mass is 540 g/mol. The van der Waals surface area contributed by atoms with Crippen LogP contribution in [0.4, 0.5) is 14.5 Å². The van der Waals surface area contributed by atoms with Crippen molar-refractivity contribution >= 4 is 22.6 Å². The molecule has 2 aromatic carbocycles. The predicted octanol–water partition coefficient (Wildman–Crippen LogP) is 4.23. The summed E-state index contributed by atoms with van der Waals surface area (Å²) in [6, 6.07) is 11.8. The number of ether oxygens (including phenoxy) is 1. The molecule has 1 amide bonds. The highest BCUT2D eigenvalue weighted by Gasteiger charge is 2.19. The Kier molecular flexibility index (Phi) is 6.07. The van der Waals surface area contributed by atoms with Crippen molar-refractivity contribution in [2.75, 3.05) is 5.32 Å². The Balaban J connectivity index is 1.25. The van der Waals surface area contributed by atoms with Gasteiger partial charge in [-0.15, -0.1) is 0 Å².